The molecule has 29 heavy (non-hydrogen) atoms. The molecule has 0 aromatic heterocycles. The number of nitrogens with one attached hydrogen (secondary N) is 1. The highest BCUT2D eigenvalue weighted by atomic mass is 16.6. The van der Waals surface area contributed by atoms with E-state index in [-0.39, 0.29) is 16.8 Å². The molecule has 0 radical (unpaired) electrons. The van der Waals surface area contributed by atoms with E-state index < -0.39 is 24.5 Å². The number of rotatable bonds is 6. The molecule has 152 valence electrons. The summed E-state index contributed by atoms with van der Waals surface area (Å²) < 4.78 is 25.9. The molecule has 0 fully saturated rings. The van der Waals surface area contributed by atoms with Gasteiger partial charge in [0.1, 0.15) is 13.2 Å². The van der Waals surface area contributed by atoms with Gasteiger partial charge in [-0.2, -0.15) is 0 Å². The molecule has 9 heteroatoms. The quantitative estimate of drug-likeness (QED) is 0.733. The average Bonchev–Trinajstić information content (AvgIpc) is 2.76. The first-order valence-corrected chi connectivity index (χ1v) is 8.65. The Labute approximate surface area is 166 Å². The molecule has 0 saturated carbocycles. The molecule has 0 spiro atoms. The molecule has 1 N–H and O–H groups in total. The number of hydrogen-bond acceptors (Lipinski definition) is 8. The van der Waals surface area contributed by atoms with Gasteiger partial charge in [-0.25, -0.2) is 9.59 Å². The van der Waals surface area contributed by atoms with Crippen molar-refractivity contribution in [2.24, 2.45) is 0 Å². The number of fused-ring (bicyclic) bond motifs is 1. The minimum Gasteiger partial charge on any atom is -0.493 e. The molecule has 1 amide bonds. The Morgan fingerprint density at radius 3 is 2.55 bits per heavy atom. The van der Waals surface area contributed by atoms with Crippen LogP contribution in [-0.4, -0.2) is 51.9 Å². The van der Waals surface area contributed by atoms with Crippen LogP contribution < -0.4 is 19.5 Å². The molecule has 3 rings (SSSR count). The molecule has 0 atom stereocenters. The average molecular weight is 401 g/mol. The summed E-state index contributed by atoms with van der Waals surface area (Å²) >= 11 is 0. The van der Waals surface area contributed by atoms with E-state index in [0.717, 1.165) is 0 Å². The molecule has 1 heterocycles. The maximum atomic E-state index is 12.3. The number of carbonyl (C=O) groups is 3. The van der Waals surface area contributed by atoms with Crippen molar-refractivity contribution in [2.45, 2.75) is 0 Å². The first-order chi connectivity index (χ1) is 14.0. The zero-order chi connectivity index (χ0) is 20.8. The first kappa shape index (κ1) is 20.0. The maximum Gasteiger partial charge on any atom is 0.339 e. The predicted molar refractivity (Wildman–Crippen MR) is 101 cm³/mol. The van der Waals surface area contributed by atoms with Crippen LogP contribution in [0.2, 0.25) is 0 Å². The van der Waals surface area contributed by atoms with E-state index >= 15 is 0 Å². The van der Waals surface area contributed by atoms with Crippen LogP contribution in [0.15, 0.2) is 36.4 Å². The Balaban J connectivity index is 1.66. The smallest absolute Gasteiger partial charge is 0.339 e. The fourth-order valence-corrected chi connectivity index (χ4v) is 2.67. The molecule has 0 unspecified atom stereocenters. The van der Waals surface area contributed by atoms with Gasteiger partial charge < -0.3 is 29.0 Å². The van der Waals surface area contributed by atoms with Crippen LogP contribution in [0.5, 0.6) is 17.2 Å². The van der Waals surface area contributed by atoms with Crippen LogP contribution in [0.3, 0.4) is 0 Å². The molecule has 9 nitrogen and oxygen atoms in total. The van der Waals surface area contributed by atoms with Crippen LogP contribution in [0.1, 0.15) is 20.7 Å². The number of hydrogen-bond donors (Lipinski definition) is 1. The number of benzene rings is 2. The fourth-order valence-electron chi connectivity index (χ4n) is 2.67. The lowest BCUT2D eigenvalue weighted by atomic mass is 10.1. The van der Waals surface area contributed by atoms with Crippen molar-refractivity contribution in [2.75, 3.05) is 39.4 Å². The van der Waals surface area contributed by atoms with Gasteiger partial charge in [-0.1, -0.05) is 12.1 Å². The molecule has 2 aromatic rings. The van der Waals surface area contributed by atoms with Crippen LogP contribution in [0.25, 0.3) is 0 Å². The van der Waals surface area contributed by atoms with E-state index in [9.17, 15) is 14.4 Å². The summed E-state index contributed by atoms with van der Waals surface area (Å²) in [6.07, 6.45) is 0. The minimum atomic E-state index is -0.739. The molecule has 0 bridgehead atoms. The highest BCUT2D eigenvalue weighted by Gasteiger charge is 2.22. The Kier molecular flexibility index (Phi) is 6.18. The molecule has 2 aromatic carbocycles. The molecule has 1 aliphatic heterocycles. The topological polar surface area (TPSA) is 109 Å². The number of ether oxygens (including phenoxy) is 5. The lowest BCUT2D eigenvalue weighted by Crippen LogP contribution is -2.22. The summed E-state index contributed by atoms with van der Waals surface area (Å²) in [5.41, 5.74) is 0.585. The molecule has 0 saturated heterocycles. The van der Waals surface area contributed by atoms with Crippen molar-refractivity contribution in [3.63, 3.8) is 0 Å². The molecule has 1 aliphatic rings. The molecular formula is C20H19NO8. The third kappa shape index (κ3) is 4.57. The normalized spacial score (nSPS) is 11.9. The minimum absolute atomic E-state index is 0.147. The number of carbonyl (C=O) groups excluding carboxylic acids is 3. The van der Waals surface area contributed by atoms with Crippen LogP contribution >= 0.6 is 0 Å². The molecule has 0 aliphatic carbocycles. The third-order valence-electron chi connectivity index (χ3n) is 4.00. The summed E-state index contributed by atoms with van der Waals surface area (Å²) in [4.78, 5) is 36.3. The second-order valence-electron chi connectivity index (χ2n) is 5.86. The van der Waals surface area contributed by atoms with Gasteiger partial charge in [0.2, 0.25) is 5.75 Å². The summed E-state index contributed by atoms with van der Waals surface area (Å²) in [7, 11) is 2.68. The Bertz CT molecular complexity index is 923. The van der Waals surface area contributed by atoms with Gasteiger partial charge in [-0.3, -0.25) is 4.79 Å². The van der Waals surface area contributed by atoms with E-state index in [4.69, 9.17) is 18.9 Å². The van der Waals surface area contributed by atoms with Crippen molar-refractivity contribution < 1.29 is 38.1 Å². The third-order valence-corrected chi connectivity index (χ3v) is 4.00. The van der Waals surface area contributed by atoms with Gasteiger partial charge in [0.05, 0.1) is 31.0 Å². The van der Waals surface area contributed by atoms with Gasteiger partial charge in [0.25, 0.3) is 5.91 Å². The summed E-state index contributed by atoms with van der Waals surface area (Å²) in [6, 6.07) is 9.24. The van der Waals surface area contributed by atoms with E-state index in [2.05, 4.69) is 10.1 Å². The van der Waals surface area contributed by atoms with Gasteiger partial charge >= 0.3 is 11.9 Å². The SMILES string of the molecule is COC(=O)c1ccccc1NC(=O)COC(=O)c1cc(OC)c2c(c1)OCCO2. The summed E-state index contributed by atoms with van der Waals surface area (Å²) in [5, 5.41) is 2.52. The fraction of sp³-hybridized carbons (Fsp3) is 0.250. The Morgan fingerprint density at radius 1 is 1.03 bits per heavy atom. The Hall–Kier alpha value is -3.75. The second-order valence-corrected chi connectivity index (χ2v) is 5.86. The van der Waals surface area contributed by atoms with Crippen molar-refractivity contribution in [3.8, 4) is 17.2 Å². The number of esters is 2. The van der Waals surface area contributed by atoms with Crippen LogP contribution in [0.4, 0.5) is 5.69 Å². The largest absolute Gasteiger partial charge is 0.493 e. The lowest BCUT2D eigenvalue weighted by molar-refractivity contribution is -0.119. The first-order valence-electron chi connectivity index (χ1n) is 8.65. The molecular weight excluding hydrogens is 382 g/mol. The second kappa shape index (κ2) is 8.96. The summed E-state index contributed by atoms with van der Waals surface area (Å²) in [5.74, 6) is -0.853. The van der Waals surface area contributed by atoms with E-state index in [1.54, 1.807) is 12.1 Å². The zero-order valence-electron chi connectivity index (χ0n) is 15.9. The number of amides is 1. The van der Waals surface area contributed by atoms with Gasteiger partial charge in [0, 0.05) is 0 Å². The highest BCUT2D eigenvalue weighted by molar-refractivity contribution is 6.02. The van der Waals surface area contributed by atoms with Crippen molar-refractivity contribution in [1.82, 2.24) is 0 Å². The Morgan fingerprint density at radius 2 is 1.79 bits per heavy atom. The van der Waals surface area contributed by atoms with Crippen molar-refractivity contribution in [1.29, 1.82) is 0 Å². The van der Waals surface area contributed by atoms with Crippen LogP contribution in [-0.2, 0) is 14.3 Å². The summed E-state index contributed by atoms with van der Waals surface area (Å²) in [6.45, 7) is 0.169. The van der Waals surface area contributed by atoms with E-state index in [1.807, 2.05) is 0 Å². The number of para-hydroxylation sites is 1. The highest BCUT2D eigenvalue weighted by Crippen LogP contribution is 2.40. The lowest BCUT2D eigenvalue weighted by Gasteiger charge is -2.21. The standard InChI is InChI=1S/C20H19NO8/c1-25-15-9-12(10-16-18(15)28-8-7-27-16)19(23)29-11-17(22)21-14-6-4-3-5-13(14)20(24)26-2/h3-6,9-10H,7-8,11H2,1-2H3,(H,21,22). The predicted octanol–water partition coefficient (Wildman–Crippen LogP) is 2.05. The van der Waals surface area contributed by atoms with Gasteiger partial charge in [0.15, 0.2) is 18.1 Å². The van der Waals surface area contributed by atoms with Gasteiger partial charge in [-0.15, -0.1) is 0 Å². The van der Waals surface area contributed by atoms with Crippen molar-refractivity contribution >= 4 is 23.5 Å². The zero-order valence-corrected chi connectivity index (χ0v) is 15.9. The maximum absolute atomic E-state index is 12.3. The van der Waals surface area contributed by atoms with E-state index in [1.165, 1.54) is 38.5 Å². The van der Waals surface area contributed by atoms with Crippen molar-refractivity contribution in [3.05, 3.63) is 47.5 Å². The number of methoxy groups -OCH3 is 2. The van der Waals surface area contributed by atoms with Crippen LogP contribution in [0, 0.1) is 0 Å². The monoisotopic (exact) mass is 401 g/mol. The van der Waals surface area contributed by atoms with Gasteiger partial charge in [-0.05, 0) is 24.3 Å². The van der Waals surface area contributed by atoms with E-state index in [0.29, 0.717) is 30.5 Å². The number of anilines is 1.